The van der Waals surface area contributed by atoms with Crippen molar-refractivity contribution >= 4 is 5.78 Å². The van der Waals surface area contributed by atoms with E-state index in [1.165, 1.54) is 70.6 Å². The van der Waals surface area contributed by atoms with E-state index in [0.717, 1.165) is 12.8 Å². The lowest BCUT2D eigenvalue weighted by Gasteiger charge is -2.14. The highest BCUT2D eigenvalue weighted by molar-refractivity contribution is 5.83. The second-order valence-corrected chi connectivity index (χ2v) is 7.02. The number of aliphatic hydroxyl groups excluding tert-OH is 1. The number of nitrogens with one attached hydrogen (secondary N) is 1. The van der Waals surface area contributed by atoms with Crippen molar-refractivity contribution in [3.63, 3.8) is 0 Å². The van der Waals surface area contributed by atoms with Gasteiger partial charge < -0.3 is 5.11 Å². The molecular formula is C20H41NO2. The largest absolute Gasteiger partial charge is 0.379 e. The summed E-state index contributed by atoms with van der Waals surface area (Å²) < 4.78 is 0. The molecule has 0 aromatic rings. The zero-order chi connectivity index (χ0) is 17.3. The fourth-order valence-electron chi connectivity index (χ4n) is 2.99. The van der Waals surface area contributed by atoms with E-state index in [2.05, 4.69) is 12.2 Å². The number of rotatable bonds is 17. The molecule has 23 heavy (non-hydrogen) atoms. The number of unbranched alkanes of at least 4 members (excludes halogenated alkanes) is 12. The second-order valence-electron chi connectivity index (χ2n) is 7.02. The Labute approximate surface area is 144 Å². The molecular weight excluding hydrogens is 286 g/mol. The van der Waals surface area contributed by atoms with Crippen molar-refractivity contribution in [3.8, 4) is 0 Å². The van der Waals surface area contributed by atoms with Crippen molar-refractivity contribution in [1.29, 1.82) is 0 Å². The molecule has 3 nitrogen and oxygen atoms in total. The molecule has 2 N–H and O–H groups in total. The summed E-state index contributed by atoms with van der Waals surface area (Å²) in [7, 11) is 0. The van der Waals surface area contributed by atoms with E-state index in [0.29, 0.717) is 6.42 Å². The maximum Gasteiger partial charge on any atom is 0.149 e. The summed E-state index contributed by atoms with van der Waals surface area (Å²) in [5.74, 6) is 0.217. The lowest BCUT2D eigenvalue weighted by atomic mass is 10.0. The molecule has 0 fully saturated rings. The van der Waals surface area contributed by atoms with Gasteiger partial charge in [0.1, 0.15) is 12.0 Å². The fourth-order valence-corrected chi connectivity index (χ4v) is 2.99. The molecule has 2 unspecified atom stereocenters. The van der Waals surface area contributed by atoms with E-state index in [4.69, 9.17) is 0 Å². The number of Topliss-reactive ketones (excluding diaryl/α,β-unsaturated/α-hetero) is 1. The summed E-state index contributed by atoms with van der Waals surface area (Å²) in [6, 6.07) is -0.229. The van der Waals surface area contributed by atoms with Gasteiger partial charge >= 0.3 is 0 Å². The van der Waals surface area contributed by atoms with Crippen LogP contribution in [0, 0.1) is 0 Å². The van der Waals surface area contributed by atoms with E-state index in [1.54, 1.807) is 6.92 Å². The van der Waals surface area contributed by atoms with Crippen LogP contribution < -0.4 is 5.32 Å². The Balaban J connectivity index is 3.23. The highest BCUT2D eigenvalue weighted by Crippen LogP contribution is 2.13. The van der Waals surface area contributed by atoms with E-state index in [1.807, 2.05) is 6.92 Å². The Morgan fingerprint density at radius 3 is 1.57 bits per heavy atom. The number of hydrogen-bond donors (Lipinski definition) is 2. The summed E-state index contributed by atoms with van der Waals surface area (Å²) in [4.78, 5) is 11.8. The number of carbonyl (C=O) groups is 1. The number of hydrogen-bond acceptors (Lipinski definition) is 3. The number of ketones is 1. The minimum atomic E-state index is -0.611. The van der Waals surface area contributed by atoms with Gasteiger partial charge in [-0.05, 0) is 20.3 Å². The SMILES string of the molecule is CCCCCCCCCCCCCCCC(=O)C(C)NC(C)O. The number of carbonyl (C=O) groups excluding carboxylic acids is 1. The van der Waals surface area contributed by atoms with E-state index >= 15 is 0 Å². The molecule has 0 rings (SSSR count). The van der Waals surface area contributed by atoms with E-state index in [-0.39, 0.29) is 11.8 Å². The molecule has 0 saturated heterocycles. The van der Waals surface area contributed by atoms with Crippen molar-refractivity contribution in [2.75, 3.05) is 0 Å². The first-order chi connectivity index (χ1) is 11.1. The van der Waals surface area contributed by atoms with Crippen molar-refractivity contribution < 1.29 is 9.90 Å². The molecule has 0 aromatic heterocycles. The normalized spacial score (nSPS) is 13.9. The van der Waals surface area contributed by atoms with Gasteiger partial charge in [0, 0.05) is 6.42 Å². The highest BCUT2D eigenvalue weighted by Gasteiger charge is 2.13. The molecule has 0 heterocycles. The van der Waals surface area contributed by atoms with Crippen LogP contribution >= 0.6 is 0 Å². The summed E-state index contributed by atoms with van der Waals surface area (Å²) in [6.45, 7) is 5.75. The first-order valence-corrected chi connectivity index (χ1v) is 10.0. The molecule has 2 atom stereocenters. The Morgan fingerprint density at radius 1 is 0.783 bits per heavy atom. The minimum absolute atomic E-state index is 0.217. The molecule has 0 aliphatic heterocycles. The third kappa shape index (κ3) is 16.2. The molecule has 138 valence electrons. The van der Waals surface area contributed by atoms with Gasteiger partial charge in [0.2, 0.25) is 0 Å². The lowest BCUT2D eigenvalue weighted by molar-refractivity contribution is -0.121. The third-order valence-electron chi connectivity index (χ3n) is 4.50. The van der Waals surface area contributed by atoms with E-state index < -0.39 is 6.23 Å². The molecule has 0 spiro atoms. The van der Waals surface area contributed by atoms with E-state index in [9.17, 15) is 9.90 Å². The quantitative estimate of drug-likeness (QED) is 0.279. The molecule has 0 bridgehead atoms. The highest BCUT2D eigenvalue weighted by atomic mass is 16.3. The van der Waals surface area contributed by atoms with Crippen LogP contribution in [0.15, 0.2) is 0 Å². The monoisotopic (exact) mass is 327 g/mol. The molecule has 0 aliphatic rings. The Bertz CT molecular complexity index is 266. The Kier molecular flexibility index (Phi) is 16.2. The van der Waals surface area contributed by atoms with Crippen LogP contribution in [-0.4, -0.2) is 23.2 Å². The standard InChI is InChI=1S/C20H41NO2/c1-4-5-6-7-8-9-10-11-12-13-14-15-16-17-20(23)18(2)21-19(3)22/h18-19,21-22H,4-17H2,1-3H3. The fraction of sp³-hybridized carbons (Fsp3) is 0.950. The molecule has 0 aliphatic carbocycles. The van der Waals surface area contributed by atoms with Crippen LogP contribution in [0.3, 0.4) is 0 Å². The summed E-state index contributed by atoms with van der Waals surface area (Å²) in [6.07, 6.45) is 17.3. The van der Waals surface area contributed by atoms with Crippen LogP contribution in [0.2, 0.25) is 0 Å². The maximum atomic E-state index is 11.8. The molecule has 0 aromatic carbocycles. The predicted octanol–water partition coefficient (Wildman–Crippen LogP) is 5.35. The van der Waals surface area contributed by atoms with Crippen molar-refractivity contribution in [3.05, 3.63) is 0 Å². The van der Waals surface area contributed by atoms with Crippen LogP contribution in [0.5, 0.6) is 0 Å². The van der Waals surface area contributed by atoms with Gasteiger partial charge in [0.15, 0.2) is 0 Å². The van der Waals surface area contributed by atoms with Crippen LogP contribution in [-0.2, 0) is 4.79 Å². The van der Waals surface area contributed by atoms with Crippen molar-refractivity contribution in [2.24, 2.45) is 0 Å². The summed E-state index contributed by atoms with van der Waals surface area (Å²) >= 11 is 0. The zero-order valence-electron chi connectivity index (χ0n) is 15.9. The van der Waals surface area contributed by atoms with Crippen LogP contribution in [0.25, 0.3) is 0 Å². The van der Waals surface area contributed by atoms with Gasteiger partial charge in [-0.15, -0.1) is 0 Å². The van der Waals surface area contributed by atoms with Crippen molar-refractivity contribution in [2.45, 2.75) is 123 Å². The van der Waals surface area contributed by atoms with Crippen LogP contribution in [0.1, 0.15) is 111 Å². The maximum absolute atomic E-state index is 11.8. The minimum Gasteiger partial charge on any atom is -0.379 e. The topological polar surface area (TPSA) is 49.3 Å². The Hall–Kier alpha value is -0.410. The first-order valence-electron chi connectivity index (χ1n) is 10.0. The number of aliphatic hydroxyl groups is 1. The predicted molar refractivity (Wildman–Crippen MR) is 99.6 cm³/mol. The van der Waals surface area contributed by atoms with Gasteiger partial charge in [-0.2, -0.15) is 0 Å². The molecule has 0 saturated carbocycles. The zero-order valence-corrected chi connectivity index (χ0v) is 15.9. The van der Waals surface area contributed by atoms with Gasteiger partial charge in [-0.25, -0.2) is 0 Å². The van der Waals surface area contributed by atoms with Gasteiger partial charge in [0.25, 0.3) is 0 Å². The second kappa shape index (κ2) is 16.4. The molecule has 3 heteroatoms. The van der Waals surface area contributed by atoms with Crippen LogP contribution in [0.4, 0.5) is 0 Å². The third-order valence-corrected chi connectivity index (χ3v) is 4.50. The summed E-state index contributed by atoms with van der Waals surface area (Å²) in [5.41, 5.74) is 0. The van der Waals surface area contributed by atoms with Gasteiger partial charge in [0.05, 0.1) is 6.04 Å². The summed E-state index contributed by atoms with van der Waals surface area (Å²) in [5, 5.41) is 12.0. The first kappa shape index (κ1) is 22.6. The molecule has 0 amide bonds. The smallest absolute Gasteiger partial charge is 0.149 e. The lowest BCUT2D eigenvalue weighted by Crippen LogP contribution is -2.39. The van der Waals surface area contributed by atoms with Gasteiger partial charge in [-0.3, -0.25) is 10.1 Å². The average Bonchev–Trinajstić information content (AvgIpc) is 2.51. The van der Waals surface area contributed by atoms with Gasteiger partial charge in [-0.1, -0.05) is 84.0 Å². The van der Waals surface area contributed by atoms with Crippen molar-refractivity contribution in [1.82, 2.24) is 5.32 Å². The molecule has 0 radical (unpaired) electrons. The Morgan fingerprint density at radius 2 is 1.17 bits per heavy atom. The average molecular weight is 328 g/mol.